The van der Waals surface area contributed by atoms with E-state index in [0.29, 0.717) is 0 Å². The maximum Gasteiger partial charge on any atom is 0 e. The molecule has 1 aromatic rings. The number of hydrogen-bond acceptors (Lipinski definition) is 0. The van der Waals surface area contributed by atoms with Gasteiger partial charge in [0.05, 0.1) is 0 Å². The average molecular weight is 409 g/mol. The predicted molar refractivity (Wildman–Crippen MR) is 105 cm³/mol. The van der Waals surface area contributed by atoms with Gasteiger partial charge in [-0.3, -0.25) is 0 Å². The van der Waals surface area contributed by atoms with Gasteiger partial charge in [0.2, 0.25) is 0 Å². The molecule has 0 aromatic heterocycles. The Morgan fingerprint density at radius 2 is 0.833 bits per heavy atom. The van der Waals surface area contributed by atoms with Crippen LogP contribution in [0.1, 0.15) is 115 Å². The average Bonchev–Trinajstić information content (AvgIpc) is 3.08. The molecule has 0 atom stereocenters. The quantitative estimate of drug-likeness (QED) is 0.180. The zero-order valence-corrected chi connectivity index (χ0v) is 18.8. The summed E-state index contributed by atoms with van der Waals surface area (Å²) in [6, 6.07) is 8.82. The summed E-state index contributed by atoms with van der Waals surface area (Å²) in [5.74, 6) is 0. The molecule has 0 aliphatic carbocycles. The van der Waals surface area contributed by atoms with Crippen LogP contribution in [-0.2, 0) is 32.6 Å². The van der Waals surface area contributed by atoms with Crippen molar-refractivity contribution in [2.24, 2.45) is 0 Å². The van der Waals surface area contributed by atoms with E-state index < -0.39 is 0 Å². The van der Waals surface area contributed by atoms with Crippen LogP contribution in [0.3, 0.4) is 0 Å². The zero-order chi connectivity index (χ0) is 16.4. The van der Waals surface area contributed by atoms with E-state index in [2.05, 4.69) is 31.2 Å². The molecule has 0 bridgehead atoms. The summed E-state index contributed by atoms with van der Waals surface area (Å²) in [5, 5.41) is 0. The van der Waals surface area contributed by atoms with Gasteiger partial charge in [0.1, 0.15) is 0 Å². The topological polar surface area (TPSA) is 0 Å². The van der Waals surface area contributed by atoms with Crippen LogP contribution >= 0.6 is 0 Å². The number of rotatable bonds is 17. The standard InChI is InChI=1S/C23H41.Zr/c1-2-3-4-5-6-7-8-9-10-11-12-13-14-15-16-17-20-23-21-18-19-22-23;/h18-19,21-22H,2-17,20H2,1H3;/q-1;. The van der Waals surface area contributed by atoms with E-state index in [-0.39, 0.29) is 26.2 Å². The van der Waals surface area contributed by atoms with Crippen molar-refractivity contribution in [3.63, 3.8) is 0 Å². The van der Waals surface area contributed by atoms with Gasteiger partial charge in [-0.25, -0.2) is 12.1 Å². The molecule has 0 unspecified atom stereocenters. The van der Waals surface area contributed by atoms with Crippen LogP contribution in [0.15, 0.2) is 24.3 Å². The summed E-state index contributed by atoms with van der Waals surface area (Å²) in [5.41, 5.74) is 1.52. The first-order valence-electron chi connectivity index (χ1n) is 10.6. The van der Waals surface area contributed by atoms with E-state index in [1.54, 1.807) is 0 Å². The van der Waals surface area contributed by atoms with Gasteiger partial charge in [0, 0.05) is 26.2 Å². The van der Waals surface area contributed by atoms with Crippen LogP contribution in [0.4, 0.5) is 0 Å². The van der Waals surface area contributed by atoms with Gasteiger partial charge in [0.15, 0.2) is 0 Å². The fraction of sp³-hybridized carbons (Fsp3) is 0.783. The summed E-state index contributed by atoms with van der Waals surface area (Å²) in [6.07, 6.45) is 24.5. The summed E-state index contributed by atoms with van der Waals surface area (Å²) >= 11 is 0. The van der Waals surface area contributed by atoms with Crippen molar-refractivity contribution >= 4 is 0 Å². The molecule has 0 aliphatic rings. The van der Waals surface area contributed by atoms with Crippen LogP contribution in [0.25, 0.3) is 0 Å². The molecule has 0 nitrogen and oxygen atoms in total. The minimum atomic E-state index is 0. The van der Waals surface area contributed by atoms with E-state index in [0.717, 1.165) is 0 Å². The Kier molecular flexibility index (Phi) is 19.7. The first-order valence-corrected chi connectivity index (χ1v) is 10.6. The van der Waals surface area contributed by atoms with E-state index >= 15 is 0 Å². The second-order valence-corrected chi connectivity index (χ2v) is 7.35. The Bertz CT molecular complexity index is 315. The third-order valence-corrected chi connectivity index (χ3v) is 5.05. The Balaban J connectivity index is 0.00000529. The second-order valence-electron chi connectivity index (χ2n) is 7.35. The molecule has 0 saturated carbocycles. The summed E-state index contributed by atoms with van der Waals surface area (Å²) in [7, 11) is 0. The van der Waals surface area contributed by atoms with Crippen molar-refractivity contribution in [3.05, 3.63) is 29.8 Å². The molecule has 0 heterocycles. The van der Waals surface area contributed by atoms with Crippen molar-refractivity contribution in [1.82, 2.24) is 0 Å². The fourth-order valence-corrected chi connectivity index (χ4v) is 3.46. The minimum Gasteiger partial charge on any atom is -0.213 e. The Hall–Kier alpha value is 0.233. The van der Waals surface area contributed by atoms with Crippen LogP contribution in [0, 0.1) is 0 Å². The monoisotopic (exact) mass is 407 g/mol. The molecule has 0 saturated heterocycles. The maximum absolute atomic E-state index is 2.30. The van der Waals surface area contributed by atoms with Crippen LogP contribution in [0.2, 0.25) is 0 Å². The molecule has 0 N–H and O–H groups in total. The van der Waals surface area contributed by atoms with Gasteiger partial charge in [-0.05, 0) is 0 Å². The van der Waals surface area contributed by atoms with Crippen LogP contribution in [0.5, 0.6) is 0 Å². The Labute approximate surface area is 171 Å². The van der Waals surface area contributed by atoms with Crippen molar-refractivity contribution in [2.45, 2.75) is 116 Å². The molecule has 24 heavy (non-hydrogen) atoms. The van der Waals surface area contributed by atoms with Crippen molar-refractivity contribution in [1.29, 1.82) is 0 Å². The number of aryl methyl sites for hydroxylation is 1. The van der Waals surface area contributed by atoms with Crippen LogP contribution in [-0.4, -0.2) is 0 Å². The summed E-state index contributed by atoms with van der Waals surface area (Å²) < 4.78 is 0. The van der Waals surface area contributed by atoms with E-state index in [4.69, 9.17) is 0 Å². The number of hydrogen-bond donors (Lipinski definition) is 0. The van der Waals surface area contributed by atoms with Crippen LogP contribution < -0.4 is 0 Å². The molecular weight excluding hydrogens is 367 g/mol. The largest absolute Gasteiger partial charge is 0.213 e. The molecule has 0 radical (unpaired) electrons. The van der Waals surface area contributed by atoms with E-state index in [1.165, 1.54) is 115 Å². The molecule has 0 amide bonds. The molecular formula is C23H41Zr-. The number of unbranched alkanes of at least 4 members (excludes halogenated alkanes) is 15. The minimum absolute atomic E-state index is 0. The van der Waals surface area contributed by atoms with E-state index in [9.17, 15) is 0 Å². The Morgan fingerprint density at radius 1 is 0.500 bits per heavy atom. The van der Waals surface area contributed by atoms with Gasteiger partial charge < -0.3 is 0 Å². The molecule has 1 rings (SSSR count). The summed E-state index contributed by atoms with van der Waals surface area (Å²) in [6.45, 7) is 2.30. The Morgan fingerprint density at radius 3 is 1.21 bits per heavy atom. The molecule has 1 heteroatoms. The first kappa shape index (κ1) is 24.2. The fourth-order valence-electron chi connectivity index (χ4n) is 3.46. The van der Waals surface area contributed by atoms with Gasteiger partial charge in [0.25, 0.3) is 0 Å². The van der Waals surface area contributed by atoms with Gasteiger partial charge in [-0.2, -0.15) is 17.7 Å². The molecule has 1 aromatic carbocycles. The molecule has 138 valence electrons. The van der Waals surface area contributed by atoms with E-state index in [1.807, 2.05) is 0 Å². The zero-order valence-electron chi connectivity index (χ0n) is 16.3. The third kappa shape index (κ3) is 15.7. The normalized spacial score (nSPS) is 10.7. The first-order chi connectivity index (χ1) is 11.4. The predicted octanol–water partition coefficient (Wildman–Crippen LogP) is 8.21. The SMILES string of the molecule is CCCCCCCCCCCCCCCCCC[c-]1cccc1.[Zr]. The van der Waals surface area contributed by atoms with Crippen molar-refractivity contribution in [2.75, 3.05) is 0 Å². The second kappa shape index (κ2) is 19.6. The van der Waals surface area contributed by atoms with Crippen molar-refractivity contribution in [3.8, 4) is 0 Å². The molecule has 0 spiro atoms. The summed E-state index contributed by atoms with van der Waals surface area (Å²) in [4.78, 5) is 0. The molecule has 0 aliphatic heterocycles. The van der Waals surface area contributed by atoms with Crippen molar-refractivity contribution < 1.29 is 26.2 Å². The maximum atomic E-state index is 2.30. The smallest absolute Gasteiger partial charge is 0 e. The molecule has 0 fully saturated rings. The van der Waals surface area contributed by atoms with Gasteiger partial charge >= 0.3 is 0 Å². The third-order valence-electron chi connectivity index (χ3n) is 5.05. The van der Waals surface area contributed by atoms with Gasteiger partial charge in [-0.1, -0.05) is 116 Å². The van der Waals surface area contributed by atoms with Gasteiger partial charge in [-0.15, -0.1) is 0 Å².